The van der Waals surface area contributed by atoms with Crippen molar-refractivity contribution in [2.45, 2.75) is 18.2 Å². The van der Waals surface area contributed by atoms with Gasteiger partial charge in [0.2, 0.25) is 5.13 Å². The number of carboxylic acids is 1. The molecule has 2 rings (SSSR count). The number of aryl methyl sites for hydroxylation is 1. The Balaban J connectivity index is 2.33. The van der Waals surface area contributed by atoms with Gasteiger partial charge in [-0.25, -0.2) is 17.6 Å². The molecule has 0 saturated heterocycles. The SMILES string of the molecule is CCc1nnc(NS(=O)(=O)c2ccc(C(=O)O)cc2F)s1. The second-order valence-corrected chi connectivity index (χ2v) is 6.62. The summed E-state index contributed by atoms with van der Waals surface area (Å²) in [5.41, 5.74) is -0.337. The van der Waals surface area contributed by atoms with Crippen molar-refractivity contribution in [1.29, 1.82) is 0 Å². The van der Waals surface area contributed by atoms with E-state index in [1.165, 1.54) is 0 Å². The smallest absolute Gasteiger partial charge is 0.335 e. The van der Waals surface area contributed by atoms with Crippen LogP contribution < -0.4 is 4.72 Å². The quantitative estimate of drug-likeness (QED) is 0.863. The van der Waals surface area contributed by atoms with Gasteiger partial charge in [0.05, 0.1) is 5.56 Å². The van der Waals surface area contributed by atoms with Crippen LogP contribution in [0.2, 0.25) is 0 Å². The Morgan fingerprint density at radius 3 is 2.67 bits per heavy atom. The third kappa shape index (κ3) is 3.34. The second-order valence-electron chi connectivity index (χ2n) is 3.91. The topological polar surface area (TPSA) is 109 Å². The van der Waals surface area contributed by atoms with Gasteiger partial charge in [0, 0.05) is 0 Å². The number of aromatic carboxylic acids is 1. The summed E-state index contributed by atoms with van der Waals surface area (Å²) in [7, 11) is -4.19. The van der Waals surface area contributed by atoms with Crippen molar-refractivity contribution >= 4 is 32.5 Å². The van der Waals surface area contributed by atoms with E-state index in [2.05, 4.69) is 14.9 Å². The lowest BCUT2D eigenvalue weighted by Crippen LogP contribution is -2.15. The molecule has 2 aromatic rings. The van der Waals surface area contributed by atoms with Crippen LogP contribution in [0.15, 0.2) is 23.1 Å². The third-order valence-corrected chi connectivity index (χ3v) is 4.94. The molecule has 0 unspecified atom stereocenters. The van der Waals surface area contributed by atoms with Gasteiger partial charge < -0.3 is 5.11 Å². The van der Waals surface area contributed by atoms with Gasteiger partial charge in [-0.2, -0.15) is 0 Å². The zero-order valence-corrected chi connectivity index (χ0v) is 12.3. The molecule has 0 saturated carbocycles. The van der Waals surface area contributed by atoms with Crippen LogP contribution in [-0.4, -0.2) is 29.7 Å². The molecule has 0 amide bonds. The molecule has 1 heterocycles. The van der Waals surface area contributed by atoms with E-state index in [1.54, 1.807) is 0 Å². The number of rotatable bonds is 5. The highest BCUT2D eigenvalue weighted by atomic mass is 32.2. The van der Waals surface area contributed by atoms with Gasteiger partial charge in [-0.3, -0.25) is 4.72 Å². The monoisotopic (exact) mass is 331 g/mol. The molecule has 0 aliphatic heterocycles. The summed E-state index contributed by atoms with van der Waals surface area (Å²) in [5.74, 6) is -2.50. The highest BCUT2D eigenvalue weighted by molar-refractivity contribution is 7.93. The number of sulfonamides is 1. The minimum Gasteiger partial charge on any atom is -0.478 e. The summed E-state index contributed by atoms with van der Waals surface area (Å²) in [6.07, 6.45) is 0.598. The largest absolute Gasteiger partial charge is 0.478 e. The van der Waals surface area contributed by atoms with Crippen molar-refractivity contribution in [1.82, 2.24) is 10.2 Å². The van der Waals surface area contributed by atoms with Crippen LogP contribution in [0.3, 0.4) is 0 Å². The Labute approximate surface area is 123 Å². The molecule has 2 N–H and O–H groups in total. The Morgan fingerprint density at radius 1 is 1.43 bits per heavy atom. The van der Waals surface area contributed by atoms with Crippen LogP contribution >= 0.6 is 11.3 Å². The predicted octanol–water partition coefficient (Wildman–Crippen LogP) is 1.74. The molecule has 0 bridgehead atoms. The van der Waals surface area contributed by atoms with Gasteiger partial charge >= 0.3 is 5.97 Å². The summed E-state index contributed by atoms with van der Waals surface area (Å²) in [6, 6.07) is 2.55. The van der Waals surface area contributed by atoms with Gasteiger partial charge in [-0.1, -0.05) is 18.3 Å². The number of hydrogen-bond donors (Lipinski definition) is 2. The number of nitrogens with zero attached hydrogens (tertiary/aromatic N) is 2. The molecule has 0 aliphatic carbocycles. The molecule has 0 fully saturated rings. The normalized spacial score (nSPS) is 11.3. The fraction of sp³-hybridized carbons (Fsp3) is 0.182. The molecule has 0 spiro atoms. The Bertz CT molecular complexity index is 789. The minimum atomic E-state index is -4.19. The molecule has 0 aliphatic rings. The van der Waals surface area contributed by atoms with Crippen LogP contribution in [0.25, 0.3) is 0 Å². The molecule has 112 valence electrons. The average molecular weight is 331 g/mol. The van der Waals surface area contributed by atoms with E-state index in [4.69, 9.17) is 5.11 Å². The van der Waals surface area contributed by atoms with Gasteiger partial charge in [0.1, 0.15) is 15.7 Å². The van der Waals surface area contributed by atoms with Gasteiger partial charge in [0.25, 0.3) is 10.0 Å². The summed E-state index contributed by atoms with van der Waals surface area (Å²) in [5, 5.41) is 16.8. The first kappa shape index (κ1) is 15.3. The summed E-state index contributed by atoms with van der Waals surface area (Å²) in [6.45, 7) is 1.84. The van der Waals surface area contributed by atoms with Gasteiger partial charge in [-0.15, -0.1) is 10.2 Å². The predicted molar refractivity (Wildman–Crippen MR) is 73.5 cm³/mol. The lowest BCUT2D eigenvalue weighted by Gasteiger charge is -2.06. The van der Waals surface area contributed by atoms with Crippen molar-refractivity contribution < 1.29 is 22.7 Å². The zero-order valence-electron chi connectivity index (χ0n) is 10.7. The number of aromatic nitrogens is 2. The van der Waals surface area contributed by atoms with Crippen LogP contribution in [0.4, 0.5) is 9.52 Å². The minimum absolute atomic E-state index is 0.0218. The summed E-state index contributed by atoms with van der Waals surface area (Å²) in [4.78, 5) is 10.0. The van der Waals surface area contributed by atoms with Gasteiger partial charge in [0.15, 0.2) is 0 Å². The van der Waals surface area contributed by atoms with E-state index in [9.17, 15) is 17.6 Å². The van der Waals surface area contributed by atoms with E-state index >= 15 is 0 Å². The van der Waals surface area contributed by atoms with Crippen molar-refractivity contribution in [3.63, 3.8) is 0 Å². The number of carbonyl (C=O) groups is 1. The number of halogens is 1. The highest BCUT2D eigenvalue weighted by Gasteiger charge is 2.22. The van der Waals surface area contributed by atoms with E-state index < -0.39 is 26.7 Å². The lowest BCUT2D eigenvalue weighted by atomic mass is 10.2. The van der Waals surface area contributed by atoms with Crippen molar-refractivity contribution in [3.8, 4) is 0 Å². The molecule has 0 atom stereocenters. The molecule has 7 nitrogen and oxygen atoms in total. The summed E-state index contributed by atoms with van der Waals surface area (Å²) >= 11 is 1.04. The number of hydrogen-bond acceptors (Lipinski definition) is 6. The first-order valence-corrected chi connectivity index (χ1v) is 8.01. The summed E-state index contributed by atoms with van der Waals surface area (Å²) < 4.78 is 40.0. The first-order valence-electron chi connectivity index (χ1n) is 5.71. The number of anilines is 1. The molecule has 21 heavy (non-hydrogen) atoms. The third-order valence-electron chi connectivity index (χ3n) is 2.46. The standard InChI is InChI=1S/C11H10FN3O4S2/c1-2-9-13-14-11(20-9)15-21(18,19)8-4-3-6(10(16)17)5-7(8)12/h3-5H,2H2,1H3,(H,14,15)(H,16,17). The molecule has 1 aromatic heterocycles. The number of benzene rings is 1. The Morgan fingerprint density at radius 2 is 2.14 bits per heavy atom. The molecule has 1 aromatic carbocycles. The van der Waals surface area contributed by atoms with Crippen molar-refractivity contribution in [2.75, 3.05) is 4.72 Å². The fourth-order valence-electron chi connectivity index (χ4n) is 1.46. The van der Waals surface area contributed by atoms with Crippen LogP contribution in [0, 0.1) is 5.82 Å². The maximum atomic E-state index is 13.8. The van der Waals surface area contributed by atoms with E-state index in [-0.39, 0.29) is 10.7 Å². The Kier molecular flexibility index (Phi) is 4.19. The maximum Gasteiger partial charge on any atom is 0.335 e. The maximum absolute atomic E-state index is 13.8. The molecular weight excluding hydrogens is 321 g/mol. The Hall–Kier alpha value is -2.07. The van der Waals surface area contributed by atoms with Crippen molar-refractivity contribution in [2.24, 2.45) is 0 Å². The molecule has 0 radical (unpaired) electrons. The molecular formula is C11H10FN3O4S2. The second kappa shape index (κ2) is 5.74. The van der Waals surface area contributed by atoms with Gasteiger partial charge in [-0.05, 0) is 24.6 Å². The van der Waals surface area contributed by atoms with Crippen LogP contribution in [0.1, 0.15) is 22.3 Å². The first-order chi connectivity index (χ1) is 9.83. The van der Waals surface area contributed by atoms with E-state index in [0.29, 0.717) is 17.5 Å². The number of nitrogens with one attached hydrogen (secondary N) is 1. The van der Waals surface area contributed by atoms with Crippen LogP contribution in [-0.2, 0) is 16.4 Å². The van der Waals surface area contributed by atoms with E-state index in [0.717, 1.165) is 23.5 Å². The van der Waals surface area contributed by atoms with Crippen molar-refractivity contribution in [3.05, 3.63) is 34.6 Å². The van der Waals surface area contributed by atoms with E-state index in [1.807, 2.05) is 6.92 Å². The fourth-order valence-corrected chi connectivity index (χ4v) is 3.43. The molecule has 10 heteroatoms. The lowest BCUT2D eigenvalue weighted by molar-refractivity contribution is 0.0696. The zero-order chi connectivity index (χ0) is 15.6. The van der Waals surface area contributed by atoms with Crippen LogP contribution in [0.5, 0.6) is 0 Å². The average Bonchev–Trinajstić information content (AvgIpc) is 2.85. The highest BCUT2D eigenvalue weighted by Crippen LogP contribution is 2.22. The number of carboxylic acid groups (broad SMARTS) is 1.